The summed E-state index contributed by atoms with van der Waals surface area (Å²) >= 11 is 3.03. The monoisotopic (exact) mass is 504 g/mol. The maximum Gasteiger partial charge on any atom is 0.244 e. The molecule has 1 atom stereocenters. The zero-order chi connectivity index (χ0) is 23.2. The van der Waals surface area contributed by atoms with Gasteiger partial charge in [-0.05, 0) is 60.1 Å². The molecule has 6 nitrogen and oxygen atoms in total. The lowest BCUT2D eigenvalue weighted by Gasteiger charge is -2.24. The maximum absolute atomic E-state index is 15.0. The lowest BCUT2D eigenvalue weighted by molar-refractivity contribution is -0.122. The Morgan fingerprint density at radius 2 is 1.97 bits per heavy atom. The summed E-state index contributed by atoms with van der Waals surface area (Å²) in [6.45, 7) is 2.61. The second kappa shape index (κ2) is 8.34. The SMILES string of the molecule is Cc1cc2c(c(F)n1)-c1cc(F)cnc1C(C)C(=O)N2CC(=O)Nc1ccc(Br)c(F)c1. The minimum atomic E-state index is -0.907. The molecule has 3 aromatic rings. The summed E-state index contributed by atoms with van der Waals surface area (Å²) in [7, 11) is 0. The van der Waals surface area contributed by atoms with Crippen LogP contribution in [0.15, 0.2) is 41.0 Å². The second-order valence-corrected chi connectivity index (χ2v) is 8.21. The lowest BCUT2D eigenvalue weighted by Crippen LogP contribution is -2.40. The number of pyridine rings is 2. The minimum Gasteiger partial charge on any atom is -0.324 e. The number of nitrogens with zero attached hydrogens (tertiary/aromatic N) is 3. The molecule has 1 N–H and O–H groups in total. The van der Waals surface area contributed by atoms with Gasteiger partial charge >= 0.3 is 0 Å². The fraction of sp³-hybridized carbons (Fsp3) is 0.182. The molecule has 1 aliphatic rings. The third-order valence-corrected chi connectivity index (χ3v) is 5.72. The van der Waals surface area contributed by atoms with Crippen LogP contribution >= 0.6 is 15.9 Å². The van der Waals surface area contributed by atoms with Crippen molar-refractivity contribution in [1.29, 1.82) is 0 Å². The summed E-state index contributed by atoms with van der Waals surface area (Å²) in [4.78, 5) is 34.9. The molecule has 10 heteroatoms. The van der Waals surface area contributed by atoms with Crippen molar-refractivity contribution in [2.75, 3.05) is 16.8 Å². The predicted octanol–water partition coefficient (Wildman–Crippen LogP) is 4.72. The molecule has 4 rings (SSSR count). The molecule has 0 radical (unpaired) electrons. The third-order valence-electron chi connectivity index (χ3n) is 5.08. The summed E-state index contributed by atoms with van der Waals surface area (Å²) < 4.78 is 42.9. The van der Waals surface area contributed by atoms with Crippen LogP contribution in [0.2, 0.25) is 0 Å². The first-order chi connectivity index (χ1) is 15.2. The van der Waals surface area contributed by atoms with Crippen LogP contribution in [-0.4, -0.2) is 28.3 Å². The fourth-order valence-electron chi connectivity index (χ4n) is 3.63. The van der Waals surface area contributed by atoms with E-state index >= 15 is 0 Å². The van der Waals surface area contributed by atoms with Gasteiger partial charge in [-0.25, -0.2) is 13.8 Å². The van der Waals surface area contributed by atoms with Crippen LogP contribution < -0.4 is 10.2 Å². The second-order valence-electron chi connectivity index (χ2n) is 7.36. The summed E-state index contributed by atoms with van der Waals surface area (Å²) in [5, 5.41) is 2.52. The van der Waals surface area contributed by atoms with Gasteiger partial charge < -0.3 is 10.2 Å². The number of anilines is 2. The van der Waals surface area contributed by atoms with Crippen LogP contribution in [0, 0.1) is 24.5 Å². The van der Waals surface area contributed by atoms with Gasteiger partial charge in [0.15, 0.2) is 0 Å². The highest BCUT2D eigenvalue weighted by atomic mass is 79.9. The number of carbonyl (C=O) groups is 2. The molecule has 0 bridgehead atoms. The topological polar surface area (TPSA) is 75.2 Å². The van der Waals surface area contributed by atoms with E-state index in [-0.39, 0.29) is 38.4 Å². The van der Waals surface area contributed by atoms with Gasteiger partial charge in [0.1, 0.15) is 18.2 Å². The normalized spacial score (nSPS) is 15.1. The third kappa shape index (κ3) is 3.97. The maximum atomic E-state index is 15.0. The van der Waals surface area contributed by atoms with Crippen molar-refractivity contribution in [2.24, 2.45) is 0 Å². The molecular formula is C22H16BrF3N4O2. The Morgan fingerprint density at radius 1 is 1.22 bits per heavy atom. The van der Waals surface area contributed by atoms with E-state index in [9.17, 15) is 22.8 Å². The molecule has 2 aromatic heterocycles. The number of rotatable bonds is 3. The van der Waals surface area contributed by atoms with Gasteiger partial charge in [0.2, 0.25) is 17.8 Å². The standard InChI is InChI=1S/C22H16BrF3N4O2/c1-10-5-17-19(21(26)28-10)14-6-12(24)8-27-20(14)11(2)22(32)30(17)9-18(31)29-13-3-4-15(23)16(25)7-13/h3-8,11H,9H2,1-2H3,(H,29,31). The Balaban J connectivity index is 1.77. The average molecular weight is 505 g/mol. The Hall–Kier alpha value is -3.27. The van der Waals surface area contributed by atoms with E-state index in [0.29, 0.717) is 0 Å². The van der Waals surface area contributed by atoms with Gasteiger partial charge in [-0.15, -0.1) is 0 Å². The Labute approximate surface area is 189 Å². The number of fused-ring (bicyclic) bond motifs is 3. The van der Waals surface area contributed by atoms with Crippen molar-refractivity contribution < 1.29 is 22.8 Å². The van der Waals surface area contributed by atoms with Crippen molar-refractivity contribution in [1.82, 2.24) is 9.97 Å². The van der Waals surface area contributed by atoms with E-state index in [0.717, 1.165) is 23.2 Å². The van der Waals surface area contributed by atoms with Gasteiger partial charge in [-0.2, -0.15) is 4.39 Å². The summed E-state index contributed by atoms with van der Waals surface area (Å²) in [5.74, 6) is -4.20. The number of amides is 2. The summed E-state index contributed by atoms with van der Waals surface area (Å²) in [5.41, 5.74) is 0.710. The van der Waals surface area contributed by atoms with Gasteiger partial charge in [-0.3, -0.25) is 14.6 Å². The molecule has 0 fully saturated rings. The van der Waals surface area contributed by atoms with E-state index in [1.807, 2.05) is 0 Å². The molecule has 0 spiro atoms. The first kappa shape index (κ1) is 21.9. The van der Waals surface area contributed by atoms with Crippen molar-refractivity contribution >= 4 is 39.1 Å². The Morgan fingerprint density at radius 3 is 2.69 bits per heavy atom. The van der Waals surface area contributed by atoms with Crippen molar-refractivity contribution in [2.45, 2.75) is 19.8 Å². The number of hydrogen-bond acceptors (Lipinski definition) is 4. The van der Waals surface area contributed by atoms with E-state index in [2.05, 4.69) is 31.2 Å². The number of hydrogen-bond donors (Lipinski definition) is 1. The Bertz CT molecular complexity index is 1270. The highest BCUT2D eigenvalue weighted by Crippen LogP contribution is 2.41. The van der Waals surface area contributed by atoms with Crippen LogP contribution in [0.3, 0.4) is 0 Å². The molecule has 32 heavy (non-hydrogen) atoms. The van der Waals surface area contributed by atoms with Crippen LogP contribution in [0.5, 0.6) is 0 Å². The van der Waals surface area contributed by atoms with Crippen molar-refractivity contribution in [3.05, 3.63) is 70.0 Å². The van der Waals surface area contributed by atoms with Crippen LogP contribution in [0.1, 0.15) is 24.2 Å². The number of nitrogens with one attached hydrogen (secondary N) is 1. The van der Waals surface area contributed by atoms with Crippen LogP contribution in [0.4, 0.5) is 24.5 Å². The summed E-state index contributed by atoms with van der Waals surface area (Å²) in [6.07, 6.45) is 0.951. The zero-order valence-corrected chi connectivity index (χ0v) is 18.5. The highest BCUT2D eigenvalue weighted by Gasteiger charge is 2.36. The molecular weight excluding hydrogens is 489 g/mol. The van der Waals surface area contributed by atoms with Gasteiger partial charge in [-0.1, -0.05) is 0 Å². The summed E-state index contributed by atoms with van der Waals surface area (Å²) in [6, 6.07) is 6.59. The van der Waals surface area contributed by atoms with Gasteiger partial charge in [0.05, 0.1) is 33.5 Å². The highest BCUT2D eigenvalue weighted by molar-refractivity contribution is 9.10. The molecule has 1 aromatic carbocycles. The van der Waals surface area contributed by atoms with Gasteiger partial charge in [0, 0.05) is 16.9 Å². The Kier molecular flexibility index (Phi) is 5.72. The van der Waals surface area contributed by atoms with Crippen LogP contribution in [0.25, 0.3) is 11.1 Å². The van der Waals surface area contributed by atoms with Crippen molar-refractivity contribution in [3.8, 4) is 11.1 Å². The largest absolute Gasteiger partial charge is 0.324 e. The molecule has 0 saturated carbocycles. The lowest BCUT2D eigenvalue weighted by atomic mass is 9.98. The van der Waals surface area contributed by atoms with E-state index < -0.39 is 41.9 Å². The minimum absolute atomic E-state index is 0.0788. The number of benzene rings is 1. The predicted molar refractivity (Wildman–Crippen MR) is 116 cm³/mol. The van der Waals surface area contributed by atoms with E-state index in [1.165, 1.54) is 25.1 Å². The molecule has 164 valence electrons. The molecule has 0 saturated heterocycles. The van der Waals surface area contributed by atoms with Crippen molar-refractivity contribution in [3.63, 3.8) is 0 Å². The van der Waals surface area contributed by atoms with Crippen LogP contribution in [-0.2, 0) is 9.59 Å². The quantitative estimate of drug-likeness (QED) is 0.523. The van der Waals surface area contributed by atoms with Gasteiger partial charge in [0.25, 0.3) is 0 Å². The first-order valence-electron chi connectivity index (χ1n) is 9.55. The molecule has 1 aliphatic heterocycles. The molecule has 0 aliphatic carbocycles. The first-order valence-corrected chi connectivity index (χ1v) is 10.3. The number of carbonyl (C=O) groups excluding carboxylic acids is 2. The van der Waals surface area contributed by atoms with E-state index in [4.69, 9.17) is 0 Å². The molecule has 3 heterocycles. The zero-order valence-electron chi connectivity index (χ0n) is 16.9. The van der Waals surface area contributed by atoms with E-state index in [1.54, 1.807) is 6.92 Å². The fourth-order valence-corrected chi connectivity index (χ4v) is 3.87. The number of aryl methyl sites for hydroxylation is 1. The smallest absolute Gasteiger partial charge is 0.244 e. The average Bonchev–Trinajstić information content (AvgIpc) is 2.80. The number of aromatic nitrogens is 2. The molecule has 1 unspecified atom stereocenters. The number of halogens is 4. The molecule has 2 amide bonds.